The van der Waals surface area contributed by atoms with E-state index in [9.17, 15) is 0 Å². The summed E-state index contributed by atoms with van der Waals surface area (Å²) in [5.74, 6) is 0. The van der Waals surface area contributed by atoms with E-state index in [0.717, 1.165) is 0 Å². The Kier molecular flexibility index (Phi) is 11.7. The zero-order chi connectivity index (χ0) is 10.9. The summed E-state index contributed by atoms with van der Waals surface area (Å²) in [6.07, 6.45) is 0. The molecule has 1 nitrogen and oxygen atoms in total. The minimum Gasteiger partial charge on any atom is -1.00 e. The van der Waals surface area contributed by atoms with E-state index in [1.54, 1.807) is 0 Å². The molecule has 0 amide bonds. The molecule has 0 spiro atoms. The second-order valence-corrected chi connectivity index (χ2v) is 9.60. The summed E-state index contributed by atoms with van der Waals surface area (Å²) in [5.41, 5.74) is 5.17. The van der Waals surface area contributed by atoms with Gasteiger partial charge in [-0.3, -0.25) is 0 Å². The van der Waals surface area contributed by atoms with Crippen LogP contribution in [0.15, 0.2) is 12.1 Å². The molecule has 0 heterocycles. The third kappa shape index (κ3) is 7.66. The van der Waals surface area contributed by atoms with Gasteiger partial charge in [0.25, 0.3) is 0 Å². The quantitative estimate of drug-likeness (QED) is 0.434. The van der Waals surface area contributed by atoms with Gasteiger partial charge >= 0.3 is 26.2 Å². The summed E-state index contributed by atoms with van der Waals surface area (Å²) >= 11 is 0. The van der Waals surface area contributed by atoms with Gasteiger partial charge in [-0.15, -0.1) is 5.69 Å². The van der Waals surface area contributed by atoms with E-state index < -0.39 is 8.24 Å². The van der Waals surface area contributed by atoms with Crippen LogP contribution in [0.1, 0.15) is 16.7 Å². The van der Waals surface area contributed by atoms with Crippen molar-refractivity contribution in [2.45, 2.75) is 40.4 Å². The van der Waals surface area contributed by atoms with Crippen LogP contribution in [0.25, 0.3) is 4.98 Å². The Hall–Kier alpha value is 0.700. The van der Waals surface area contributed by atoms with E-state index in [1.165, 1.54) is 22.4 Å². The molecule has 0 unspecified atom stereocenters. The predicted molar refractivity (Wildman–Crippen MR) is 72.8 cm³/mol. The third-order valence-corrected chi connectivity index (χ3v) is 2.98. The molecule has 5 heteroatoms. The monoisotopic (exact) mass is 485 g/mol. The number of rotatable bonds is 2. The van der Waals surface area contributed by atoms with Crippen LogP contribution in [-0.4, -0.2) is 34.4 Å². The van der Waals surface area contributed by atoms with Crippen LogP contribution in [0, 0.1) is 20.8 Å². The Morgan fingerprint density at radius 2 is 1.24 bits per heavy atom. The number of hydrogen-bond acceptors (Lipinski definition) is 0. The topological polar surface area (TPSA) is 14.1 Å². The van der Waals surface area contributed by atoms with Crippen LogP contribution < -0.4 is 24.8 Å². The van der Waals surface area contributed by atoms with Crippen molar-refractivity contribution in [2.75, 3.05) is 0 Å². The number of benzene rings is 1. The summed E-state index contributed by atoms with van der Waals surface area (Å²) in [5, 5.41) is 0. The molecule has 2 radical (unpaired) electrons. The van der Waals surface area contributed by atoms with E-state index >= 15 is 0 Å². The van der Waals surface area contributed by atoms with E-state index in [0.29, 0.717) is 0 Å². The molecule has 96 valence electrons. The zero-order valence-corrected chi connectivity index (χ0v) is 17.3. The van der Waals surface area contributed by atoms with Gasteiger partial charge in [-0.05, 0) is 29.0 Å². The van der Waals surface area contributed by atoms with Crippen LogP contribution in [0.4, 0.5) is 5.69 Å². The van der Waals surface area contributed by atoms with Crippen molar-refractivity contribution in [3.63, 3.8) is 0 Å². The molecule has 0 aliphatic rings. The minimum absolute atomic E-state index is 0. The summed E-state index contributed by atoms with van der Waals surface area (Å²) in [6.45, 7) is 13.2. The Morgan fingerprint density at radius 3 is 1.53 bits per heavy atom. The van der Waals surface area contributed by atoms with Gasteiger partial charge in [-0.2, -0.15) is 0 Å². The van der Waals surface area contributed by atoms with Crippen molar-refractivity contribution < 1.29 is 24.8 Å². The molecule has 0 saturated carbocycles. The fourth-order valence-electron chi connectivity index (χ4n) is 1.68. The van der Waals surface area contributed by atoms with Crippen LogP contribution in [0.3, 0.4) is 0 Å². The molecule has 1 rings (SSSR count). The van der Waals surface area contributed by atoms with E-state index in [1.807, 2.05) is 0 Å². The normalized spacial score (nSPS) is 9.53. The Bertz CT molecular complexity index is 328. The van der Waals surface area contributed by atoms with Gasteiger partial charge in [0, 0.05) is 0 Å². The molecule has 17 heavy (non-hydrogen) atoms. The molecule has 0 fully saturated rings. The average molecular weight is 486 g/mol. The molecular weight excluding hydrogens is 466 g/mol. The fourth-order valence-corrected chi connectivity index (χ4v) is 2.71. The zero-order valence-electron chi connectivity index (χ0n) is 11.3. The maximum atomic E-state index is 4.87. The molecule has 0 atom stereocenters. The van der Waals surface area contributed by atoms with Gasteiger partial charge in [0.1, 0.15) is 0 Å². The first-order valence-corrected chi connectivity index (χ1v) is 8.55. The van der Waals surface area contributed by atoms with Crippen LogP contribution in [0.5, 0.6) is 0 Å². The summed E-state index contributed by atoms with van der Waals surface area (Å²) in [6, 6.07) is 4.43. The standard InChI is InChI=1S/C12H20NSi.Bi.2ClH/c1-9-7-10(2)12(11(3)8-9)13-14(4,5)6;;;/h7-8H,1-6H3;;2*1H/q-1;+3;;/p-2. The van der Waals surface area contributed by atoms with Crippen molar-refractivity contribution in [3.05, 3.63) is 33.8 Å². The molecule has 0 N–H and O–H groups in total. The van der Waals surface area contributed by atoms with E-state index in [4.69, 9.17) is 4.98 Å². The Balaban J connectivity index is -0.000000653. The summed E-state index contributed by atoms with van der Waals surface area (Å²) in [7, 11) is -1.35. The largest absolute Gasteiger partial charge is 3.00 e. The molecular formula is C12H20BiCl2NSi. The maximum absolute atomic E-state index is 4.87. The molecule has 0 bridgehead atoms. The third-order valence-electron chi connectivity index (χ3n) is 2.08. The maximum Gasteiger partial charge on any atom is 3.00 e. The molecule has 0 saturated heterocycles. The predicted octanol–water partition coefficient (Wildman–Crippen LogP) is -1.92. The van der Waals surface area contributed by atoms with Crippen molar-refractivity contribution in [2.24, 2.45) is 0 Å². The molecule has 1 aromatic rings. The van der Waals surface area contributed by atoms with Crippen molar-refractivity contribution in [3.8, 4) is 0 Å². The van der Waals surface area contributed by atoms with E-state index in [2.05, 4.69) is 52.5 Å². The number of hydrogen-bond donors (Lipinski definition) is 0. The van der Waals surface area contributed by atoms with Crippen molar-refractivity contribution in [1.82, 2.24) is 0 Å². The first-order chi connectivity index (χ1) is 6.29. The van der Waals surface area contributed by atoms with Crippen LogP contribution in [-0.2, 0) is 0 Å². The van der Waals surface area contributed by atoms with Gasteiger partial charge in [0.05, 0.1) is 0 Å². The van der Waals surface area contributed by atoms with Gasteiger partial charge in [0.15, 0.2) is 0 Å². The number of halogens is 2. The Labute approximate surface area is 138 Å². The van der Waals surface area contributed by atoms with E-state index in [-0.39, 0.29) is 51.0 Å². The van der Waals surface area contributed by atoms with Gasteiger partial charge in [-0.1, -0.05) is 48.5 Å². The summed E-state index contributed by atoms with van der Waals surface area (Å²) < 4.78 is 0. The minimum atomic E-state index is -1.35. The number of nitrogens with zero attached hydrogens (tertiary/aromatic N) is 1. The van der Waals surface area contributed by atoms with Crippen molar-refractivity contribution in [1.29, 1.82) is 0 Å². The molecule has 0 aliphatic carbocycles. The first-order valence-electron chi connectivity index (χ1n) is 5.10. The second kappa shape index (κ2) is 8.74. The molecule has 0 aromatic heterocycles. The van der Waals surface area contributed by atoms with Gasteiger partial charge in [-0.25, -0.2) is 0 Å². The summed E-state index contributed by atoms with van der Waals surface area (Å²) in [4.78, 5) is 4.87. The SMILES string of the molecule is Cc1cc(C)c([N-][Si](C)(C)C)c(C)c1.[Bi+3].[Cl-].[Cl-]. The second-order valence-electron chi connectivity index (χ2n) is 5.03. The number of aryl methyl sites for hydroxylation is 3. The van der Waals surface area contributed by atoms with Gasteiger partial charge < -0.3 is 29.8 Å². The smallest absolute Gasteiger partial charge is 1.00 e. The van der Waals surface area contributed by atoms with Crippen LogP contribution >= 0.6 is 0 Å². The van der Waals surface area contributed by atoms with Crippen molar-refractivity contribution >= 4 is 40.1 Å². The average Bonchev–Trinajstić information content (AvgIpc) is 1.95. The first kappa shape index (κ1) is 22.8. The van der Waals surface area contributed by atoms with Crippen LogP contribution in [0.2, 0.25) is 19.6 Å². The van der Waals surface area contributed by atoms with Gasteiger partial charge in [0.2, 0.25) is 0 Å². The Morgan fingerprint density at radius 1 is 0.882 bits per heavy atom. The molecule has 1 aromatic carbocycles. The fraction of sp³-hybridized carbons (Fsp3) is 0.500. The molecule has 0 aliphatic heterocycles.